The van der Waals surface area contributed by atoms with E-state index in [-0.39, 0.29) is 11.1 Å². The fourth-order valence-electron chi connectivity index (χ4n) is 0.915. The molecule has 0 saturated carbocycles. The molecule has 0 heterocycles. The molecule has 3 nitrogen and oxygen atoms in total. The number of halogens is 1. The summed E-state index contributed by atoms with van der Waals surface area (Å²) in [5, 5.41) is 8.60. The third-order valence-corrected chi connectivity index (χ3v) is 1.51. The van der Waals surface area contributed by atoms with Gasteiger partial charge in [-0.05, 0) is 18.2 Å². The molecular formula is C9H8FNO2. The topological polar surface area (TPSA) is 49.7 Å². The number of rotatable bonds is 2. The number of carboxylic acid groups (broad SMARTS) is 1. The first-order valence-electron chi connectivity index (χ1n) is 3.60. The van der Waals surface area contributed by atoms with Crippen molar-refractivity contribution in [2.75, 3.05) is 7.05 Å². The smallest absolute Gasteiger partial charge is 0.335 e. The van der Waals surface area contributed by atoms with Crippen LogP contribution in [0.5, 0.6) is 0 Å². The van der Waals surface area contributed by atoms with Crippen LogP contribution in [0.4, 0.5) is 4.39 Å². The van der Waals surface area contributed by atoms with Crippen molar-refractivity contribution in [2.45, 2.75) is 0 Å². The van der Waals surface area contributed by atoms with Gasteiger partial charge in [-0.3, -0.25) is 4.99 Å². The molecule has 1 aromatic rings. The first-order chi connectivity index (χ1) is 6.15. The molecule has 13 heavy (non-hydrogen) atoms. The average Bonchev–Trinajstić information content (AvgIpc) is 2.08. The number of nitrogens with zero attached hydrogens (tertiary/aromatic N) is 1. The Bertz CT molecular complexity index is 361. The Morgan fingerprint density at radius 1 is 1.62 bits per heavy atom. The number of aliphatic imine (C=N–C) groups is 1. The summed E-state index contributed by atoms with van der Waals surface area (Å²) in [4.78, 5) is 14.1. The lowest BCUT2D eigenvalue weighted by atomic mass is 10.1. The van der Waals surface area contributed by atoms with Gasteiger partial charge >= 0.3 is 5.97 Å². The fourth-order valence-corrected chi connectivity index (χ4v) is 0.915. The van der Waals surface area contributed by atoms with E-state index >= 15 is 0 Å². The molecule has 0 spiro atoms. The third kappa shape index (κ3) is 2.11. The van der Waals surface area contributed by atoms with Gasteiger partial charge in [0.1, 0.15) is 5.82 Å². The SMILES string of the molecule is CN=Cc1cc(C(=O)O)ccc1F. The number of aromatic carboxylic acids is 1. The van der Waals surface area contributed by atoms with E-state index in [1.54, 1.807) is 0 Å². The fraction of sp³-hybridized carbons (Fsp3) is 0.111. The van der Waals surface area contributed by atoms with Crippen LogP contribution in [0, 0.1) is 5.82 Å². The molecule has 0 saturated heterocycles. The molecule has 0 bridgehead atoms. The monoisotopic (exact) mass is 181 g/mol. The van der Waals surface area contributed by atoms with Gasteiger partial charge in [-0.1, -0.05) is 0 Å². The molecule has 0 aliphatic carbocycles. The summed E-state index contributed by atoms with van der Waals surface area (Å²) in [5.41, 5.74) is 0.235. The predicted octanol–water partition coefficient (Wildman–Crippen LogP) is 1.57. The maximum atomic E-state index is 12.9. The maximum absolute atomic E-state index is 12.9. The van der Waals surface area contributed by atoms with Crippen LogP contribution in [0.25, 0.3) is 0 Å². The van der Waals surface area contributed by atoms with Crippen molar-refractivity contribution in [2.24, 2.45) is 4.99 Å². The molecule has 1 aromatic carbocycles. The van der Waals surface area contributed by atoms with Crippen LogP contribution in [-0.2, 0) is 0 Å². The van der Waals surface area contributed by atoms with E-state index in [1.807, 2.05) is 0 Å². The van der Waals surface area contributed by atoms with Gasteiger partial charge in [-0.25, -0.2) is 9.18 Å². The summed E-state index contributed by atoms with van der Waals surface area (Å²) < 4.78 is 12.9. The highest BCUT2D eigenvalue weighted by Gasteiger charge is 2.05. The standard InChI is InChI=1S/C9H8FNO2/c1-11-5-7-4-6(9(12)13)2-3-8(7)10/h2-5H,1H3,(H,12,13). The van der Waals surface area contributed by atoms with Gasteiger partial charge in [0.25, 0.3) is 0 Å². The third-order valence-electron chi connectivity index (χ3n) is 1.51. The molecule has 68 valence electrons. The molecule has 0 radical (unpaired) electrons. The minimum absolute atomic E-state index is 0.0521. The highest BCUT2D eigenvalue weighted by molar-refractivity contribution is 5.91. The predicted molar refractivity (Wildman–Crippen MR) is 46.9 cm³/mol. The van der Waals surface area contributed by atoms with Crippen LogP contribution in [0.1, 0.15) is 15.9 Å². The Labute approximate surface area is 74.5 Å². The van der Waals surface area contributed by atoms with Crippen molar-refractivity contribution in [3.8, 4) is 0 Å². The quantitative estimate of drug-likeness (QED) is 0.704. The van der Waals surface area contributed by atoms with E-state index in [1.165, 1.54) is 25.4 Å². The second-order valence-electron chi connectivity index (χ2n) is 2.43. The van der Waals surface area contributed by atoms with E-state index in [0.717, 1.165) is 6.07 Å². The zero-order valence-corrected chi connectivity index (χ0v) is 6.99. The zero-order valence-electron chi connectivity index (χ0n) is 6.99. The second kappa shape index (κ2) is 3.80. The van der Waals surface area contributed by atoms with E-state index in [4.69, 9.17) is 5.11 Å². The molecule has 0 aliphatic rings. The van der Waals surface area contributed by atoms with Crippen molar-refractivity contribution in [3.63, 3.8) is 0 Å². The Balaban J connectivity index is 3.18. The van der Waals surface area contributed by atoms with Crippen molar-refractivity contribution < 1.29 is 14.3 Å². The highest BCUT2D eigenvalue weighted by atomic mass is 19.1. The Morgan fingerprint density at radius 2 is 2.31 bits per heavy atom. The summed E-state index contributed by atoms with van der Waals surface area (Å²) >= 11 is 0. The summed E-state index contributed by atoms with van der Waals surface area (Å²) in [6, 6.07) is 3.57. The van der Waals surface area contributed by atoms with Crippen molar-refractivity contribution in [3.05, 3.63) is 35.1 Å². The average molecular weight is 181 g/mol. The lowest BCUT2D eigenvalue weighted by Crippen LogP contribution is -1.99. The summed E-state index contributed by atoms with van der Waals surface area (Å²) in [6.07, 6.45) is 1.28. The normalized spacial score (nSPS) is 10.6. The zero-order chi connectivity index (χ0) is 9.84. The molecule has 0 aromatic heterocycles. The van der Waals surface area contributed by atoms with Gasteiger partial charge in [0.15, 0.2) is 0 Å². The number of carboxylic acids is 1. The van der Waals surface area contributed by atoms with E-state index in [9.17, 15) is 9.18 Å². The Morgan fingerprint density at radius 3 is 2.85 bits per heavy atom. The Kier molecular flexibility index (Phi) is 2.74. The van der Waals surface area contributed by atoms with Gasteiger partial charge in [0.2, 0.25) is 0 Å². The first-order valence-corrected chi connectivity index (χ1v) is 3.60. The van der Waals surface area contributed by atoms with Gasteiger partial charge in [0.05, 0.1) is 5.56 Å². The lowest BCUT2D eigenvalue weighted by molar-refractivity contribution is 0.0697. The summed E-state index contributed by atoms with van der Waals surface area (Å²) in [7, 11) is 1.49. The van der Waals surface area contributed by atoms with Crippen LogP contribution in [0.3, 0.4) is 0 Å². The number of hydrogen-bond acceptors (Lipinski definition) is 2. The minimum atomic E-state index is -1.08. The van der Waals surface area contributed by atoms with Crippen LogP contribution < -0.4 is 0 Å². The van der Waals surface area contributed by atoms with Crippen molar-refractivity contribution >= 4 is 12.2 Å². The number of carbonyl (C=O) groups is 1. The molecule has 0 fully saturated rings. The first kappa shape index (κ1) is 9.38. The van der Waals surface area contributed by atoms with Gasteiger partial charge in [-0.15, -0.1) is 0 Å². The maximum Gasteiger partial charge on any atom is 0.335 e. The molecule has 0 amide bonds. The van der Waals surface area contributed by atoms with E-state index in [0.29, 0.717) is 0 Å². The molecule has 1 rings (SSSR count). The molecule has 1 N–H and O–H groups in total. The van der Waals surface area contributed by atoms with Crippen LogP contribution in [-0.4, -0.2) is 24.3 Å². The van der Waals surface area contributed by atoms with Crippen molar-refractivity contribution in [1.29, 1.82) is 0 Å². The minimum Gasteiger partial charge on any atom is -0.478 e. The summed E-state index contributed by atoms with van der Waals surface area (Å²) in [5.74, 6) is -1.55. The molecule has 0 aliphatic heterocycles. The second-order valence-corrected chi connectivity index (χ2v) is 2.43. The van der Waals surface area contributed by atoms with Gasteiger partial charge in [-0.2, -0.15) is 0 Å². The highest BCUT2D eigenvalue weighted by Crippen LogP contribution is 2.08. The van der Waals surface area contributed by atoms with Crippen LogP contribution in [0.15, 0.2) is 23.2 Å². The number of benzene rings is 1. The van der Waals surface area contributed by atoms with Crippen LogP contribution in [0.2, 0.25) is 0 Å². The van der Waals surface area contributed by atoms with Gasteiger partial charge < -0.3 is 5.11 Å². The lowest BCUT2D eigenvalue weighted by Gasteiger charge is -1.97. The summed E-state index contributed by atoms with van der Waals surface area (Å²) in [6.45, 7) is 0. The van der Waals surface area contributed by atoms with E-state index < -0.39 is 11.8 Å². The Hall–Kier alpha value is -1.71. The van der Waals surface area contributed by atoms with Gasteiger partial charge in [0, 0.05) is 18.8 Å². The molecule has 0 unspecified atom stereocenters. The molecular weight excluding hydrogens is 173 g/mol. The van der Waals surface area contributed by atoms with Crippen LogP contribution >= 0.6 is 0 Å². The molecule has 4 heteroatoms. The largest absolute Gasteiger partial charge is 0.478 e. The van der Waals surface area contributed by atoms with E-state index in [2.05, 4.69) is 4.99 Å². The number of hydrogen-bond donors (Lipinski definition) is 1. The molecule has 0 atom stereocenters. The van der Waals surface area contributed by atoms with Crippen molar-refractivity contribution in [1.82, 2.24) is 0 Å².